The van der Waals surface area contributed by atoms with E-state index >= 15 is 0 Å². The molecule has 0 spiro atoms. The molecule has 0 saturated heterocycles. The molecule has 0 radical (unpaired) electrons. The molecule has 0 aliphatic carbocycles. The van der Waals surface area contributed by atoms with Crippen LogP contribution >= 0.6 is 0 Å². The minimum Gasteiger partial charge on any atom is -0.313 e. The van der Waals surface area contributed by atoms with Gasteiger partial charge >= 0.3 is 0 Å². The van der Waals surface area contributed by atoms with Crippen molar-refractivity contribution in [1.82, 2.24) is 9.96 Å². The molecule has 0 amide bonds. The molecule has 0 aromatic carbocycles. The number of rotatable bonds is 37. The number of unbranched alkanes of at least 4 members (excludes halogenated alkanes) is 22. The number of likely N-dealkylation sites (N-methyl/N-ethyl adjacent to an activating group) is 1. The van der Waals surface area contributed by atoms with Crippen LogP contribution in [0.15, 0.2) is 24.3 Å². The third-order valence-corrected chi connectivity index (χ3v) is 9.70. The average molecular weight is 675 g/mol. The second kappa shape index (κ2) is 35.5. The number of nitrogens with zero attached hydrogens (tertiary/aromatic N) is 2. The molecule has 0 aliphatic rings. The van der Waals surface area contributed by atoms with Crippen molar-refractivity contribution in [2.45, 2.75) is 207 Å². The number of allylic oxidation sites excluding steroid dienone is 4. The highest BCUT2D eigenvalue weighted by atomic mass is 16.5. The Bertz CT molecular complexity index is 778. The molecule has 0 bridgehead atoms. The Morgan fingerprint density at radius 2 is 0.833 bits per heavy atom. The Balaban J connectivity index is 4.34. The summed E-state index contributed by atoms with van der Waals surface area (Å²) in [6.07, 6.45) is 42.2. The van der Waals surface area contributed by atoms with Crippen molar-refractivity contribution in [1.29, 1.82) is 0 Å². The van der Waals surface area contributed by atoms with Crippen molar-refractivity contribution in [3.63, 3.8) is 0 Å². The second-order valence-corrected chi connectivity index (χ2v) is 14.7. The van der Waals surface area contributed by atoms with Gasteiger partial charge in [0.05, 0.1) is 5.92 Å². The minimum atomic E-state index is -0.746. The van der Waals surface area contributed by atoms with E-state index in [-0.39, 0.29) is 11.6 Å². The Morgan fingerprint density at radius 1 is 0.500 bits per heavy atom. The molecular weight excluding hydrogens is 592 g/mol. The van der Waals surface area contributed by atoms with Gasteiger partial charge < -0.3 is 10.1 Å². The SMILES string of the molecule is CCCCCCCC/C=C\CCCCCCCC(=O)C(CN(C)C)C(C(=O)CCCCCCC/C=C\CCCCCCCC)N(O)CC. The lowest BCUT2D eigenvalue weighted by atomic mass is 9.86. The molecule has 0 aromatic rings. The topological polar surface area (TPSA) is 60.9 Å². The van der Waals surface area contributed by atoms with E-state index in [1.165, 1.54) is 116 Å². The summed E-state index contributed by atoms with van der Waals surface area (Å²) in [4.78, 5) is 28.9. The van der Waals surface area contributed by atoms with Gasteiger partial charge in [-0.15, -0.1) is 0 Å². The zero-order chi connectivity index (χ0) is 35.5. The Morgan fingerprint density at radius 3 is 1.19 bits per heavy atom. The van der Waals surface area contributed by atoms with Crippen LogP contribution in [0.1, 0.15) is 201 Å². The molecule has 1 N–H and O–H groups in total. The predicted octanol–water partition coefficient (Wildman–Crippen LogP) is 12.5. The lowest BCUT2D eigenvalue weighted by Gasteiger charge is -2.32. The smallest absolute Gasteiger partial charge is 0.153 e. The average Bonchev–Trinajstić information content (AvgIpc) is 3.07. The highest BCUT2D eigenvalue weighted by Gasteiger charge is 2.36. The lowest BCUT2D eigenvalue weighted by molar-refractivity contribution is -0.165. The normalized spacial score (nSPS) is 13.4. The monoisotopic (exact) mass is 675 g/mol. The van der Waals surface area contributed by atoms with E-state index < -0.39 is 12.0 Å². The van der Waals surface area contributed by atoms with Gasteiger partial charge in [0.1, 0.15) is 11.8 Å². The van der Waals surface area contributed by atoms with Gasteiger partial charge in [0.15, 0.2) is 5.78 Å². The Kier molecular flexibility index (Phi) is 34.6. The number of ketones is 2. The summed E-state index contributed by atoms with van der Waals surface area (Å²) in [7, 11) is 3.89. The molecule has 0 aliphatic heterocycles. The van der Waals surface area contributed by atoms with E-state index in [9.17, 15) is 14.8 Å². The first-order valence-electron chi connectivity index (χ1n) is 20.8. The van der Waals surface area contributed by atoms with E-state index in [1.54, 1.807) is 0 Å². The van der Waals surface area contributed by atoms with Crippen LogP contribution in [0.25, 0.3) is 0 Å². The molecule has 0 fully saturated rings. The summed E-state index contributed by atoms with van der Waals surface area (Å²) in [6, 6.07) is -0.746. The summed E-state index contributed by atoms with van der Waals surface area (Å²) >= 11 is 0. The van der Waals surface area contributed by atoms with Crippen LogP contribution in [0, 0.1) is 5.92 Å². The number of hydrogen-bond acceptors (Lipinski definition) is 5. The zero-order valence-electron chi connectivity index (χ0n) is 32.8. The lowest BCUT2D eigenvalue weighted by Crippen LogP contribution is -2.50. The molecule has 48 heavy (non-hydrogen) atoms. The fraction of sp³-hybridized carbons (Fsp3) is 0.860. The van der Waals surface area contributed by atoms with Gasteiger partial charge in [-0.1, -0.05) is 148 Å². The fourth-order valence-electron chi connectivity index (χ4n) is 6.64. The maximum atomic E-state index is 13.5. The van der Waals surface area contributed by atoms with Crippen LogP contribution in [0.2, 0.25) is 0 Å². The van der Waals surface area contributed by atoms with E-state index in [0.29, 0.717) is 25.9 Å². The van der Waals surface area contributed by atoms with Crippen molar-refractivity contribution in [3.8, 4) is 0 Å². The van der Waals surface area contributed by atoms with E-state index in [0.717, 1.165) is 56.4 Å². The summed E-state index contributed by atoms with van der Waals surface area (Å²) < 4.78 is 0. The molecule has 0 rings (SSSR count). The minimum absolute atomic E-state index is 0.0155. The highest BCUT2D eigenvalue weighted by molar-refractivity contribution is 5.92. The van der Waals surface area contributed by atoms with Crippen molar-refractivity contribution in [2.75, 3.05) is 27.2 Å². The maximum absolute atomic E-state index is 13.5. The summed E-state index contributed by atoms with van der Waals surface area (Å²) in [5.41, 5.74) is 0. The highest BCUT2D eigenvalue weighted by Crippen LogP contribution is 2.21. The molecule has 5 heteroatoms. The van der Waals surface area contributed by atoms with E-state index in [2.05, 4.69) is 38.2 Å². The van der Waals surface area contributed by atoms with Gasteiger partial charge in [0.25, 0.3) is 0 Å². The molecule has 5 nitrogen and oxygen atoms in total. The van der Waals surface area contributed by atoms with Crippen LogP contribution in [-0.2, 0) is 9.59 Å². The fourth-order valence-corrected chi connectivity index (χ4v) is 6.64. The Hall–Kier alpha value is -1.30. The number of carbonyl (C=O) groups excluding carboxylic acids is 2. The van der Waals surface area contributed by atoms with Crippen LogP contribution in [0.4, 0.5) is 0 Å². The first kappa shape index (κ1) is 46.7. The Labute approximate surface area is 299 Å². The van der Waals surface area contributed by atoms with Gasteiger partial charge in [0, 0.05) is 25.9 Å². The molecule has 282 valence electrons. The van der Waals surface area contributed by atoms with Gasteiger partial charge in [-0.25, -0.2) is 0 Å². The van der Waals surface area contributed by atoms with Crippen molar-refractivity contribution < 1.29 is 14.8 Å². The van der Waals surface area contributed by atoms with Crippen LogP contribution in [0.5, 0.6) is 0 Å². The van der Waals surface area contributed by atoms with E-state index in [1.807, 2.05) is 25.9 Å². The molecule has 2 atom stereocenters. The van der Waals surface area contributed by atoms with Crippen molar-refractivity contribution >= 4 is 11.6 Å². The van der Waals surface area contributed by atoms with E-state index in [4.69, 9.17) is 0 Å². The first-order chi connectivity index (χ1) is 23.4. The van der Waals surface area contributed by atoms with Crippen molar-refractivity contribution in [2.24, 2.45) is 5.92 Å². The number of Topliss-reactive ketones (excluding diaryl/α,β-unsaturated/α-hetero) is 2. The molecule has 2 unspecified atom stereocenters. The van der Waals surface area contributed by atoms with Crippen LogP contribution in [0.3, 0.4) is 0 Å². The van der Waals surface area contributed by atoms with Gasteiger partial charge in [0.2, 0.25) is 0 Å². The van der Waals surface area contributed by atoms with Gasteiger partial charge in [-0.2, -0.15) is 5.06 Å². The summed E-state index contributed by atoms with van der Waals surface area (Å²) in [5, 5.41) is 11.9. The largest absolute Gasteiger partial charge is 0.313 e. The van der Waals surface area contributed by atoms with Gasteiger partial charge in [-0.05, 0) is 78.3 Å². The van der Waals surface area contributed by atoms with Crippen LogP contribution in [-0.4, -0.2) is 60.0 Å². The molecule has 0 heterocycles. The molecule has 0 saturated carbocycles. The maximum Gasteiger partial charge on any atom is 0.153 e. The predicted molar refractivity (Wildman–Crippen MR) is 209 cm³/mol. The molecule has 0 aromatic heterocycles. The summed E-state index contributed by atoms with van der Waals surface area (Å²) in [5.74, 6) is -0.351. The number of carbonyl (C=O) groups is 2. The quantitative estimate of drug-likeness (QED) is 0.0404. The number of hydroxylamine groups is 2. The first-order valence-corrected chi connectivity index (χ1v) is 20.8. The zero-order valence-corrected chi connectivity index (χ0v) is 32.8. The van der Waals surface area contributed by atoms with Crippen molar-refractivity contribution in [3.05, 3.63) is 24.3 Å². The third kappa shape index (κ3) is 28.5. The second-order valence-electron chi connectivity index (χ2n) is 14.7. The van der Waals surface area contributed by atoms with Gasteiger partial charge in [-0.3, -0.25) is 9.59 Å². The number of hydrogen-bond donors (Lipinski definition) is 1. The summed E-state index contributed by atoms with van der Waals surface area (Å²) in [6.45, 7) is 7.21. The van der Waals surface area contributed by atoms with Crippen LogP contribution < -0.4 is 0 Å². The molecular formula is C43H82N2O3. The third-order valence-electron chi connectivity index (χ3n) is 9.70. The standard InChI is InChI=1S/C43H82N2O3/c1-6-9-11-13-15-17-19-21-23-25-27-29-31-33-35-37-41(46)40(39-44(4)5)43(45(48)8-3)42(47)38-36-34-32-30-28-26-24-22-20-18-16-14-12-10-7-2/h21-24,40,43,48H,6-20,25-39H2,1-5H3/b23-21-,24-22-.